The maximum Gasteiger partial charge on any atom is 0.0765 e. The molecule has 3 heteroatoms. The molecule has 90 valence electrons. The maximum absolute atomic E-state index is 9.98. The average molecular weight is 215 g/mol. The second-order valence-corrected chi connectivity index (χ2v) is 5.02. The second-order valence-electron chi connectivity index (χ2n) is 5.02. The van der Waals surface area contributed by atoms with Gasteiger partial charge in [-0.05, 0) is 32.2 Å². The quantitative estimate of drug-likeness (QED) is 0.677. The fourth-order valence-electron chi connectivity index (χ4n) is 2.17. The van der Waals surface area contributed by atoms with E-state index in [4.69, 9.17) is 4.74 Å². The van der Waals surface area contributed by atoms with Crippen LogP contribution in [-0.2, 0) is 4.74 Å². The Balaban J connectivity index is 2.06. The van der Waals surface area contributed by atoms with Crippen LogP contribution in [0.15, 0.2) is 0 Å². The van der Waals surface area contributed by atoms with Gasteiger partial charge in [0.05, 0.1) is 5.60 Å². The molecule has 15 heavy (non-hydrogen) atoms. The zero-order valence-electron chi connectivity index (χ0n) is 10.1. The van der Waals surface area contributed by atoms with Gasteiger partial charge in [0.1, 0.15) is 0 Å². The lowest BCUT2D eigenvalue weighted by atomic mass is 10.0. The van der Waals surface area contributed by atoms with Crippen LogP contribution in [0.3, 0.4) is 0 Å². The van der Waals surface area contributed by atoms with Crippen LogP contribution in [0.2, 0.25) is 0 Å². The lowest BCUT2D eigenvalue weighted by Gasteiger charge is -2.24. The Labute approximate surface area is 93.2 Å². The van der Waals surface area contributed by atoms with E-state index in [0.717, 1.165) is 12.5 Å². The molecule has 0 spiro atoms. The van der Waals surface area contributed by atoms with Crippen LogP contribution >= 0.6 is 0 Å². The van der Waals surface area contributed by atoms with Crippen molar-refractivity contribution in [1.29, 1.82) is 0 Å². The van der Waals surface area contributed by atoms with Crippen molar-refractivity contribution < 1.29 is 9.84 Å². The summed E-state index contributed by atoms with van der Waals surface area (Å²) >= 11 is 0. The summed E-state index contributed by atoms with van der Waals surface area (Å²) < 4.78 is 4.97. The third kappa shape index (κ3) is 5.50. The van der Waals surface area contributed by atoms with Gasteiger partial charge in [0.25, 0.3) is 0 Å². The summed E-state index contributed by atoms with van der Waals surface area (Å²) in [7, 11) is 1.67. The Morgan fingerprint density at radius 1 is 1.40 bits per heavy atom. The van der Waals surface area contributed by atoms with Crippen molar-refractivity contribution in [3.63, 3.8) is 0 Å². The molecule has 3 nitrogen and oxygen atoms in total. The zero-order chi connectivity index (χ0) is 11.1. The molecular weight excluding hydrogens is 190 g/mol. The van der Waals surface area contributed by atoms with Crippen LogP contribution in [0.1, 0.15) is 39.0 Å². The summed E-state index contributed by atoms with van der Waals surface area (Å²) in [4.78, 5) is 0. The first kappa shape index (κ1) is 12.9. The van der Waals surface area contributed by atoms with Gasteiger partial charge in [0, 0.05) is 26.7 Å². The molecule has 0 aromatic rings. The average Bonchev–Trinajstić information content (AvgIpc) is 2.67. The Hall–Kier alpha value is -0.120. The smallest absolute Gasteiger partial charge is 0.0765 e. The van der Waals surface area contributed by atoms with Crippen LogP contribution in [0.25, 0.3) is 0 Å². The number of aliphatic hydroxyl groups is 1. The van der Waals surface area contributed by atoms with Gasteiger partial charge in [0.15, 0.2) is 0 Å². The zero-order valence-corrected chi connectivity index (χ0v) is 10.1. The molecule has 1 fully saturated rings. The molecule has 1 rings (SSSR count). The number of rotatable bonds is 7. The predicted octanol–water partition coefficient (Wildman–Crippen LogP) is 1.55. The summed E-state index contributed by atoms with van der Waals surface area (Å²) in [6.45, 7) is 4.22. The van der Waals surface area contributed by atoms with Crippen LogP contribution in [0.5, 0.6) is 0 Å². The summed E-state index contributed by atoms with van der Waals surface area (Å²) in [5.41, 5.74) is -0.630. The highest BCUT2D eigenvalue weighted by Gasteiger charge is 2.21. The minimum absolute atomic E-state index is 0.623. The molecule has 1 saturated carbocycles. The van der Waals surface area contributed by atoms with E-state index in [2.05, 4.69) is 5.32 Å². The minimum atomic E-state index is -0.630. The Kier molecular flexibility index (Phi) is 5.58. The van der Waals surface area contributed by atoms with E-state index in [0.29, 0.717) is 19.6 Å². The van der Waals surface area contributed by atoms with E-state index < -0.39 is 5.60 Å². The first-order chi connectivity index (χ1) is 7.14. The standard InChI is InChI=1S/C12H25NO2/c1-12(14,7-8-15-2)10-13-9-11-5-3-4-6-11/h11,13-14H,3-10H2,1-2H3. The maximum atomic E-state index is 9.98. The number of hydrogen-bond acceptors (Lipinski definition) is 3. The highest BCUT2D eigenvalue weighted by Crippen LogP contribution is 2.23. The molecule has 1 aliphatic rings. The molecular formula is C12H25NO2. The molecule has 1 unspecified atom stereocenters. The van der Waals surface area contributed by atoms with Gasteiger partial charge in [0.2, 0.25) is 0 Å². The van der Waals surface area contributed by atoms with Crippen LogP contribution < -0.4 is 5.32 Å². The molecule has 0 aromatic heterocycles. The van der Waals surface area contributed by atoms with Crippen molar-refractivity contribution in [2.24, 2.45) is 5.92 Å². The molecule has 0 saturated heterocycles. The molecule has 1 atom stereocenters. The molecule has 0 aromatic carbocycles. The van der Waals surface area contributed by atoms with Crippen molar-refractivity contribution in [3.8, 4) is 0 Å². The minimum Gasteiger partial charge on any atom is -0.389 e. The normalized spacial score (nSPS) is 21.8. The molecule has 0 aliphatic heterocycles. The lowest BCUT2D eigenvalue weighted by molar-refractivity contribution is 0.0244. The summed E-state index contributed by atoms with van der Waals surface area (Å²) in [5.74, 6) is 0.836. The van der Waals surface area contributed by atoms with Crippen LogP contribution in [-0.4, -0.2) is 37.5 Å². The van der Waals surface area contributed by atoms with Crippen molar-refractivity contribution in [2.75, 3.05) is 26.8 Å². The van der Waals surface area contributed by atoms with Crippen LogP contribution in [0, 0.1) is 5.92 Å². The molecule has 1 aliphatic carbocycles. The first-order valence-corrected chi connectivity index (χ1v) is 6.06. The Morgan fingerprint density at radius 2 is 2.07 bits per heavy atom. The van der Waals surface area contributed by atoms with Gasteiger partial charge in [-0.2, -0.15) is 0 Å². The van der Waals surface area contributed by atoms with E-state index in [1.54, 1.807) is 7.11 Å². The lowest BCUT2D eigenvalue weighted by Crippen LogP contribution is -2.40. The van der Waals surface area contributed by atoms with E-state index in [9.17, 15) is 5.11 Å². The third-order valence-electron chi connectivity index (χ3n) is 3.26. The molecule has 0 heterocycles. The Morgan fingerprint density at radius 3 is 2.67 bits per heavy atom. The summed E-state index contributed by atoms with van der Waals surface area (Å²) in [6.07, 6.45) is 6.17. The van der Waals surface area contributed by atoms with Gasteiger partial charge in [-0.1, -0.05) is 12.8 Å². The predicted molar refractivity (Wildman–Crippen MR) is 61.9 cm³/mol. The fourth-order valence-corrected chi connectivity index (χ4v) is 2.17. The molecule has 0 bridgehead atoms. The fraction of sp³-hybridized carbons (Fsp3) is 1.00. The van der Waals surface area contributed by atoms with E-state index in [1.165, 1.54) is 25.7 Å². The van der Waals surface area contributed by atoms with Gasteiger partial charge >= 0.3 is 0 Å². The molecule has 2 N–H and O–H groups in total. The SMILES string of the molecule is COCCC(C)(O)CNCC1CCCC1. The van der Waals surface area contributed by atoms with Gasteiger partial charge in [-0.25, -0.2) is 0 Å². The molecule has 0 radical (unpaired) electrons. The Bertz CT molecular complexity index is 165. The summed E-state index contributed by atoms with van der Waals surface area (Å²) in [6, 6.07) is 0. The van der Waals surface area contributed by atoms with Crippen molar-refractivity contribution >= 4 is 0 Å². The van der Waals surface area contributed by atoms with E-state index in [1.807, 2.05) is 6.92 Å². The topological polar surface area (TPSA) is 41.5 Å². The number of nitrogens with one attached hydrogen (secondary N) is 1. The third-order valence-corrected chi connectivity index (χ3v) is 3.26. The highest BCUT2D eigenvalue weighted by atomic mass is 16.5. The number of methoxy groups -OCH3 is 1. The number of hydrogen-bond donors (Lipinski definition) is 2. The first-order valence-electron chi connectivity index (χ1n) is 6.06. The highest BCUT2D eigenvalue weighted by molar-refractivity contribution is 4.77. The van der Waals surface area contributed by atoms with E-state index in [-0.39, 0.29) is 0 Å². The second kappa shape index (κ2) is 6.46. The van der Waals surface area contributed by atoms with Gasteiger partial charge in [-0.15, -0.1) is 0 Å². The van der Waals surface area contributed by atoms with Gasteiger partial charge < -0.3 is 15.2 Å². The van der Waals surface area contributed by atoms with E-state index >= 15 is 0 Å². The van der Waals surface area contributed by atoms with Crippen molar-refractivity contribution in [2.45, 2.75) is 44.6 Å². The largest absolute Gasteiger partial charge is 0.389 e. The van der Waals surface area contributed by atoms with Gasteiger partial charge in [-0.3, -0.25) is 0 Å². The monoisotopic (exact) mass is 215 g/mol. The van der Waals surface area contributed by atoms with Crippen LogP contribution in [0.4, 0.5) is 0 Å². The number of ether oxygens (including phenoxy) is 1. The molecule has 0 amide bonds. The van der Waals surface area contributed by atoms with Crippen molar-refractivity contribution in [1.82, 2.24) is 5.32 Å². The van der Waals surface area contributed by atoms with Crippen molar-refractivity contribution in [3.05, 3.63) is 0 Å². The summed E-state index contributed by atoms with van der Waals surface area (Å²) in [5, 5.41) is 13.3.